The number of carboxylic acids is 1. The average Bonchev–Trinajstić information content (AvgIpc) is 2.67. The zero-order valence-corrected chi connectivity index (χ0v) is 14.3. The third kappa shape index (κ3) is 3.56. The molecular formula is C19H17N3O4. The summed E-state index contributed by atoms with van der Waals surface area (Å²) in [4.78, 5) is 19.7. The minimum atomic E-state index is -1.05. The number of anilines is 2. The largest absolute Gasteiger partial charge is 0.496 e. The van der Waals surface area contributed by atoms with Crippen LogP contribution in [-0.2, 0) is 0 Å². The van der Waals surface area contributed by atoms with Crippen LogP contribution >= 0.6 is 0 Å². The maximum atomic E-state index is 11.2. The molecule has 1 aromatic heterocycles. The van der Waals surface area contributed by atoms with Gasteiger partial charge in [0, 0.05) is 23.4 Å². The van der Waals surface area contributed by atoms with Crippen molar-refractivity contribution < 1.29 is 19.4 Å². The van der Waals surface area contributed by atoms with E-state index in [4.69, 9.17) is 14.6 Å². The van der Waals surface area contributed by atoms with E-state index >= 15 is 0 Å². The van der Waals surface area contributed by atoms with Crippen molar-refractivity contribution in [1.82, 2.24) is 9.97 Å². The lowest BCUT2D eigenvalue weighted by molar-refractivity contribution is 0.0693. The number of para-hydroxylation sites is 1. The summed E-state index contributed by atoms with van der Waals surface area (Å²) in [5, 5.41) is 12.3. The maximum absolute atomic E-state index is 11.2. The summed E-state index contributed by atoms with van der Waals surface area (Å²) in [5.41, 5.74) is 2.29. The Kier molecular flexibility index (Phi) is 4.98. The third-order valence-corrected chi connectivity index (χ3v) is 3.75. The van der Waals surface area contributed by atoms with Gasteiger partial charge in [-0.05, 0) is 24.3 Å². The quantitative estimate of drug-likeness (QED) is 0.701. The monoisotopic (exact) mass is 351 g/mol. The van der Waals surface area contributed by atoms with Crippen LogP contribution in [0.15, 0.2) is 54.9 Å². The van der Waals surface area contributed by atoms with Crippen molar-refractivity contribution in [2.75, 3.05) is 19.5 Å². The molecule has 0 fully saturated rings. The number of benzene rings is 2. The number of nitrogens with zero attached hydrogens (tertiary/aromatic N) is 2. The molecule has 132 valence electrons. The van der Waals surface area contributed by atoms with Gasteiger partial charge < -0.3 is 19.9 Å². The Morgan fingerprint density at radius 2 is 1.77 bits per heavy atom. The second kappa shape index (κ2) is 7.52. The van der Waals surface area contributed by atoms with Gasteiger partial charge in [-0.15, -0.1) is 0 Å². The molecule has 3 rings (SSSR count). The van der Waals surface area contributed by atoms with Crippen molar-refractivity contribution in [2.24, 2.45) is 0 Å². The molecule has 0 aliphatic heterocycles. The van der Waals surface area contributed by atoms with Crippen molar-refractivity contribution in [3.8, 4) is 22.8 Å². The van der Waals surface area contributed by atoms with Gasteiger partial charge in [-0.3, -0.25) is 0 Å². The second-order valence-corrected chi connectivity index (χ2v) is 5.33. The van der Waals surface area contributed by atoms with Gasteiger partial charge in [0.05, 0.1) is 19.9 Å². The first-order valence-electron chi connectivity index (χ1n) is 7.76. The molecule has 0 atom stereocenters. The SMILES string of the molecule is COc1cc(Nc2cc(-c3ccccc3OC)ncn2)ccc1C(=O)O. The highest BCUT2D eigenvalue weighted by atomic mass is 16.5. The van der Waals surface area contributed by atoms with Crippen LogP contribution in [0.3, 0.4) is 0 Å². The Labute approximate surface area is 150 Å². The summed E-state index contributed by atoms with van der Waals surface area (Å²) in [6.07, 6.45) is 1.45. The molecule has 0 saturated carbocycles. The summed E-state index contributed by atoms with van der Waals surface area (Å²) in [5.74, 6) is 0.492. The summed E-state index contributed by atoms with van der Waals surface area (Å²) in [7, 11) is 3.03. The lowest BCUT2D eigenvalue weighted by atomic mass is 10.1. The smallest absolute Gasteiger partial charge is 0.339 e. The first kappa shape index (κ1) is 17.2. The van der Waals surface area contributed by atoms with Crippen molar-refractivity contribution >= 4 is 17.5 Å². The molecule has 2 aromatic carbocycles. The standard InChI is InChI=1S/C19H17N3O4/c1-25-16-6-4-3-5-13(16)15-10-18(21-11-20-15)22-12-7-8-14(19(23)24)17(9-12)26-2/h3-11H,1-2H3,(H,23,24)(H,20,21,22). The molecule has 0 aliphatic rings. The number of carboxylic acid groups (broad SMARTS) is 1. The number of methoxy groups -OCH3 is 2. The van der Waals surface area contributed by atoms with E-state index in [1.165, 1.54) is 19.5 Å². The van der Waals surface area contributed by atoms with Crippen LogP contribution in [0.5, 0.6) is 11.5 Å². The number of aromatic nitrogens is 2. The minimum absolute atomic E-state index is 0.0930. The Hall–Kier alpha value is -3.61. The normalized spacial score (nSPS) is 10.2. The van der Waals surface area contributed by atoms with Crippen LogP contribution < -0.4 is 14.8 Å². The van der Waals surface area contributed by atoms with Gasteiger partial charge in [0.15, 0.2) is 0 Å². The molecule has 0 amide bonds. The maximum Gasteiger partial charge on any atom is 0.339 e. The van der Waals surface area contributed by atoms with E-state index < -0.39 is 5.97 Å². The number of carbonyl (C=O) groups is 1. The van der Waals surface area contributed by atoms with E-state index in [9.17, 15) is 4.79 Å². The number of hydrogen-bond acceptors (Lipinski definition) is 6. The summed E-state index contributed by atoms with van der Waals surface area (Å²) in [6.45, 7) is 0. The van der Waals surface area contributed by atoms with Crippen LogP contribution in [0.1, 0.15) is 10.4 Å². The number of aromatic carboxylic acids is 1. The van der Waals surface area contributed by atoms with E-state index in [0.29, 0.717) is 22.9 Å². The highest BCUT2D eigenvalue weighted by Gasteiger charge is 2.12. The Morgan fingerprint density at radius 1 is 1.00 bits per heavy atom. The summed E-state index contributed by atoms with van der Waals surface area (Å²) >= 11 is 0. The number of ether oxygens (including phenoxy) is 2. The summed E-state index contributed by atoms with van der Waals surface area (Å²) in [6, 6.07) is 14.1. The van der Waals surface area contributed by atoms with Crippen molar-refractivity contribution in [2.45, 2.75) is 0 Å². The van der Waals surface area contributed by atoms with Crippen molar-refractivity contribution in [1.29, 1.82) is 0 Å². The Bertz CT molecular complexity index is 944. The Balaban J connectivity index is 1.91. The number of rotatable bonds is 6. The first-order chi connectivity index (χ1) is 12.6. The Morgan fingerprint density at radius 3 is 2.50 bits per heavy atom. The van der Waals surface area contributed by atoms with Gasteiger partial charge in [-0.25, -0.2) is 14.8 Å². The molecule has 0 aliphatic carbocycles. The molecular weight excluding hydrogens is 334 g/mol. The highest BCUT2D eigenvalue weighted by Crippen LogP contribution is 2.30. The van der Waals surface area contributed by atoms with Gasteiger partial charge in [0.2, 0.25) is 0 Å². The molecule has 0 radical (unpaired) electrons. The number of hydrogen-bond donors (Lipinski definition) is 2. The molecule has 7 nitrogen and oxygen atoms in total. The zero-order chi connectivity index (χ0) is 18.5. The molecule has 7 heteroatoms. The van der Waals surface area contributed by atoms with Crippen LogP contribution in [0.25, 0.3) is 11.3 Å². The molecule has 26 heavy (non-hydrogen) atoms. The molecule has 0 spiro atoms. The molecule has 0 saturated heterocycles. The van der Waals surface area contributed by atoms with Crippen molar-refractivity contribution in [3.05, 3.63) is 60.4 Å². The highest BCUT2D eigenvalue weighted by molar-refractivity contribution is 5.91. The van der Waals surface area contributed by atoms with Crippen LogP contribution in [0.4, 0.5) is 11.5 Å². The van der Waals surface area contributed by atoms with E-state index in [1.54, 1.807) is 25.3 Å². The zero-order valence-electron chi connectivity index (χ0n) is 14.3. The number of nitrogens with one attached hydrogen (secondary N) is 1. The topological polar surface area (TPSA) is 93.6 Å². The summed E-state index contributed by atoms with van der Waals surface area (Å²) < 4.78 is 10.5. The predicted molar refractivity (Wildman–Crippen MR) is 97.3 cm³/mol. The van der Waals surface area contributed by atoms with Gasteiger partial charge in [0.25, 0.3) is 0 Å². The van der Waals surface area contributed by atoms with Crippen molar-refractivity contribution in [3.63, 3.8) is 0 Å². The first-order valence-corrected chi connectivity index (χ1v) is 7.76. The van der Waals surface area contributed by atoms with Crippen LogP contribution in [0, 0.1) is 0 Å². The van der Waals surface area contributed by atoms with E-state index in [-0.39, 0.29) is 11.3 Å². The molecule has 0 unspecified atom stereocenters. The molecule has 2 N–H and O–H groups in total. The molecule has 3 aromatic rings. The van der Waals surface area contributed by atoms with Gasteiger partial charge >= 0.3 is 5.97 Å². The van der Waals surface area contributed by atoms with E-state index in [1.807, 2.05) is 24.3 Å². The molecule has 1 heterocycles. The minimum Gasteiger partial charge on any atom is -0.496 e. The molecule has 0 bridgehead atoms. The van der Waals surface area contributed by atoms with Gasteiger partial charge in [0.1, 0.15) is 29.2 Å². The fraction of sp³-hybridized carbons (Fsp3) is 0.105. The third-order valence-electron chi connectivity index (χ3n) is 3.75. The predicted octanol–water partition coefficient (Wildman–Crippen LogP) is 3.60. The van der Waals surface area contributed by atoms with E-state index in [0.717, 1.165) is 5.56 Å². The van der Waals surface area contributed by atoms with Crippen LogP contribution in [0.2, 0.25) is 0 Å². The van der Waals surface area contributed by atoms with Crippen LogP contribution in [-0.4, -0.2) is 35.3 Å². The average molecular weight is 351 g/mol. The fourth-order valence-corrected chi connectivity index (χ4v) is 2.52. The van der Waals surface area contributed by atoms with Gasteiger partial charge in [-0.1, -0.05) is 12.1 Å². The lowest BCUT2D eigenvalue weighted by Gasteiger charge is -2.11. The fourth-order valence-electron chi connectivity index (χ4n) is 2.52. The lowest BCUT2D eigenvalue weighted by Crippen LogP contribution is -2.02. The van der Waals surface area contributed by atoms with E-state index in [2.05, 4.69) is 15.3 Å². The second-order valence-electron chi connectivity index (χ2n) is 5.33. The van der Waals surface area contributed by atoms with Gasteiger partial charge in [-0.2, -0.15) is 0 Å².